The van der Waals surface area contributed by atoms with Crippen LogP contribution in [0.2, 0.25) is 0 Å². The van der Waals surface area contributed by atoms with Crippen molar-refractivity contribution in [1.29, 1.82) is 0 Å². The van der Waals surface area contributed by atoms with E-state index in [0.717, 1.165) is 6.07 Å². The standard InChI is InChI=1S/C13H20N2O5S/c1-10(2)14(7-4-8-16)21(19,20)13-9-12(15(17)18)6-5-11(13)3/h5-6,9-10,16H,4,7-8H2,1-3H3. The quantitative estimate of drug-likeness (QED) is 0.609. The third-order valence-electron chi connectivity index (χ3n) is 3.08. The van der Waals surface area contributed by atoms with E-state index in [1.54, 1.807) is 20.8 Å². The number of sulfonamides is 1. The van der Waals surface area contributed by atoms with Crippen molar-refractivity contribution in [3.8, 4) is 0 Å². The smallest absolute Gasteiger partial charge is 0.270 e. The molecule has 1 N–H and O–H groups in total. The molecule has 7 nitrogen and oxygen atoms in total. The second-order valence-corrected chi connectivity index (χ2v) is 6.85. The molecule has 0 unspecified atom stereocenters. The predicted octanol–water partition coefficient (Wildman–Crippen LogP) is 1.68. The van der Waals surface area contributed by atoms with Crippen LogP contribution in [-0.4, -0.2) is 41.9 Å². The van der Waals surface area contributed by atoms with E-state index in [1.807, 2.05) is 0 Å². The highest BCUT2D eigenvalue weighted by Gasteiger charge is 2.29. The fourth-order valence-corrected chi connectivity index (χ4v) is 3.91. The second-order valence-electron chi connectivity index (χ2n) is 4.99. The van der Waals surface area contributed by atoms with Crippen molar-refractivity contribution in [3.63, 3.8) is 0 Å². The summed E-state index contributed by atoms with van der Waals surface area (Å²) in [4.78, 5) is 10.1. The summed E-state index contributed by atoms with van der Waals surface area (Å²) >= 11 is 0. The first-order chi connectivity index (χ1) is 9.71. The largest absolute Gasteiger partial charge is 0.396 e. The third kappa shape index (κ3) is 3.99. The van der Waals surface area contributed by atoms with Gasteiger partial charge < -0.3 is 5.11 Å². The van der Waals surface area contributed by atoms with Crippen molar-refractivity contribution in [3.05, 3.63) is 33.9 Å². The van der Waals surface area contributed by atoms with Crippen LogP contribution in [0.3, 0.4) is 0 Å². The van der Waals surface area contributed by atoms with Gasteiger partial charge in [-0.05, 0) is 32.8 Å². The summed E-state index contributed by atoms with van der Waals surface area (Å²) in [7, 11) is -3.84. The highest BCUT2D eigenvalue weighted by molar-refractivity contribution is 7.89. The Morgan fingerprint density at radius 1 is 1.38 bits per heavy atom. The molecule has 118 valence electrons. The Hall–Kier alpha value is -1.51. The normalized spacial score (nSPS) is 12.1. The number of hydrogen-bond acceptors (Lipinski definition) is 5. The Kier molecular flexibility index (Phi) is 5.82. The maximum atomic E-state index is 12.7. The van der Waals surface area contributed by atoms with E-state index in [9.17, 15) is 18.5 Å². The highest BCUT2D eigenvalue weighted by Crippen LogP contribution is 2.26. The van der Waals surface area contributed by atoms with Gasteiger partial charge in [0, 0.05) is 31.3 Å². The molecule has 0 atom stereocenters. The number of benzene rings is 1. The van der Waals surface area contributed by atoms with Crippen LogP contribution in [0.5, 0.6) is 0 Å². The predicted molar refractivity (Wildman–Crippen MR) is 78.6 cm³/mol. The summed E-state index contributed by atoms with van der Waals surface area (Å²) in [5.41, 5.74) is 0.195. The number of non-ortho nitro benzene ring substituents is 1. The van der Waals surface area contributed by atoms with Crippen molar-refractivity contribution in [2.45, 2.75) is 38.1 Å². The molecular formula is C13H20N2O5S. The van der Waals surface area contributed by atoms with E-state index < -0.39 is 14.9 Å². The summed E-state index contributed by atoms with van der Waals surface area (Å²) in [5.74, 6) is 0. The lowest BCUT2D eigenvalue weighted by Gasteiger charge is -2.26. The van der Waals surface area contributed by atoms with E-state index in [-0.39, 0.29) is 29.8 Å². The van der Waals surface area contributed by atoms with Crippen LogP contribution in [0.1, 0.15) is 25.8 Å². The molecule has 1 aromatic carbocycles. The minimum absolute atomic E-state index is 0.0664. The number of hydrogen-bond donors (Lipinski definition) is 1. The zero-order chi connectivity index (χ0) is 16.2. The first-order valence-corrected chi connectivity index (χ1v) is 8.03. The molecular weight excluding hydrogens is 296 g/mol. The van der Waals surface area contributed by atoms with E-state index >= 15 is 0 Å². The van der Waals surface area contributed by atoms with Crippen molar-refractivity contribution in [2.75, 3.05) is 13.2 Å². The molecule has 0 aromatic heterocycles. The number of nitrogens with zero attached hydrogens (tertiary/aromatic N) is 2. The molecule has 0 aliphatic carbocycles. The Labute approximate surface area is 124 Å². The average molecular weight is 316 g/mol. The van der Waals surface area contributed by atoms with E-state index in [2.05, 4.69) is 0 Å². The molecule has 0 saturated heterocycles. The Balaban J connectivity index is 3.33. The summed E-state index contributed by atoms with van der Waals surface area (Å²) in [6.45, 7) is 5.09. The molecule has 0 bridgehead atoms. The zero-order valence-electron chi connectivity index (χ0n) is 12.3. The number of aryl methyl sites for hydroxylation is 1. The van der Waals surface area contributed by atoms with Crippen molar-refractivity contribution in [1.82, 2.24) is 4.31 Å². The number of nitro benzene ring substituents is 1. The van der Waals surface area contributed by atoms with Crippen LogP contribution >= 0.6 is 0 Å². The van der Waals surface area contributed by atoms with Gasteiger partial charge in [0.25, 0.3) is 5.69 Å². The zero-order valence-corrected chi connectivity index (χ0v) is 13.1. The van der Waals surface area contributed by atoms with Crippen molar-refractivity contribution < 1.29 is 18.4 Å². The first-order valence-electron chi connectivity index (χ1n) is 6.59. The lowest BCUT2D eigenvalue weighted by atomic mass is 10.2. The van der Waals surface area contributed by atoms with Gasteiger partial charge in [0.1, 0.15) is 0 Å². The molecule has 0 heterocycles. The third-order valence-corrected chi connectivity index (χ3v) is 5.30. The van der Waals surface area contributed by atoms with Crippen LogP contribution in [0.15, 0.2) is 23.1 Å². The molecule has 0 aliphatic rings. The number of rotatable bonds is 7. The molecule has 0 spiro atoms. The van der Waals surface area contributed by atoms with E-state index in [0.29, 0.717) is 12.0 Å². The van der Waals surface area contributed by atoms with Crippen LogP contribution in [0.25, 0.3) is 0 Å². The van der Waals surface area contributed by atoms with Gasteiger partial charge in [-0.1, -0.05) is 6.07 Å². The van der Waals surface area contributed by atoms with Crippen LogP contribution < -0.4 is 0 Å². The molecule has 0 aliphatic heterocycles. The Morgan fingerprint density at radius 3 is 2.48 bits per heavy atom. The van der Waals surface area contributed by atoms with Gasteiger partial charge in [0.15, 0.2) is 0 Å². The molecule has 0 amide bonds. The number of nitro groups is 1. The second kappa shape index (κ2) is 6.97. The minimum Gasteiger partial charge on any atom is -0.396 e. The molecule has 0 fully saturated rings. The van der Waals surface area contributed by atoms with Gasteiger partial charge in [-0.2, -0.15) is 4.31 Å². The first kappa shape index (κ1) is 17.5. The summed E-state index contributed by atoms with van der Waals surface area (Å²) in [5, 5.41) is 19.7. The van der Waals surface area contributed by atoms with Gasteiger partial charge in [0.05, 0.1) is 9.82 Å². The minimum atomic E-state index is -3.84. The fourth-order valence-electron chi connectivity index (χ4n) is 1.99. The van der Waals surface area contributed by atoms with Crippen LogP contribution in [-0.2, 0) is 10.0 Å². The van der Waals surface area contributed by atoms with Crippen molar-refractivity contribution in [2.24, 2.45) is 0 Å². The van der Waals surface area contributed by atoms with Gasteiger partial charge in [-0.25, -0.2) is 8.42 Å². The fraction of sp³-hybridized carbons (Fsp3) is 0.538. The summed E-state index contributed by atoms with van der Waals surface area (Å²) < 4.78 is 26.6. The summed E-state index contributed by atoms with van der Waals surface area (Å²) in [6.07, 6.45) is 0.311. The van der Waals surface area contributed by atoms with E-state index in [1.165, 1.54) is 16.4 Å². The highest BCUT2D eigenvalue weighted by atomic mass is 32.2. The Morgan fingerprint density at radius 2 is 2.00 bits per heavy atom. The monoisotopic (exact) mass is 316 g/mol. The van der Waals surface area contributed by atoms with Gasteiger partial charge in [-0.3, -0.25) is 10.1 Å². The molecule has 21 heavy (non-hydrogen) atoms. The average Bonchev–Trinajstić information content (AvgIpc) is 2.38. The molecule has 1 aromatic rings. The SMILES string of the molecule is Cc1ccc([N+](=O)[O-])cc1S(=O)(=O)N(CCCO)C(C)C. The number of aliphatic hydroxyl groups excluding tert-OH is 1. The molecule has 8 heteroatoms. The van der Waals surface area contributed by atoms with Crippen LogP contribution in [0.4, 0.5) is 5.69 Å². The molecule has 0 saturated carbocycles. The van der Waals surface area contributed by atoms with Gasteiger partial charge in [0.2, 0.25) is 10.0 Å². The van der Waals surface area contributed by atoms with Crippen LogP contribution in [0, 0.1) is 17.0 Å². The topological polar surface area (TPSA) is 101 Å². The lowest BCUT2D eigenvalue weighted by molar-refractivity contribution is -0.385. The maximum absolute atomic E-state index is 12.7. The van der Waals surface area contributed by atoms with E-state index in [4.69, 9.17) is 5.11 Å². The van der Waals surface area contributed by atoms with Crippen molar-refractivity contribution >= 4 is 15.7 Å². The molecule has 0 radical (unpaired) electrons. The van der Waals surface area contributed by atoms with Gasteiger partial charge in [-0.15, -0.1) is 0 Å². The lowest BCUT2D eigenvalue weighted by Crippen LogP contribution is -2.38. The summed E-state index contributed by atoms with van der Waals surface area (Å²) in [6, 6.07) is 3.48. The number of aliphatic hydroxyl groups is 1. The van der Waals surface area contributed by atoms with Gasteiger partial charge >= 0.3 is 0 Å². The maximum Gasteiger partial charge on any atom is 0.270 e. The molecule has 1 rings (SSSR count). The Bertz CT molecular complexity index is 613.